The number of fused-ring (bicyclic) bond motifs is 1. The lowest BCUT2D eigenvalue weighted by Gasteiger charge is -2.34. The van der Waals surface area contributed by atoms with E-state index in [1.165, 1.54) is 23.8 Å². The first-order valence-corrected chi connectivity index (χ1v) is 12.5. The summed E-state index contributed by atoms with van der Waals surface area (Å²) in [4.78, 5) is 16.3. The number of carbonyl (C=O) groups excluding carboxylic acids is 1. The van der Waals surface area contributed by atoms with Crippen LogP contribution in [0.4, 0.5) is 4.39 Å². The fourth-order valence-electron chi connectivity index (χ4n) is 4.82. The van der Waals surface area contributed by atoms with Gasteiger partial charge in [0.1, 0.15) is 5.82 Å². The second-order valence-electron chi connectivity index (χ2n) is 8.87. The number of hydrogen-bond acceptors (Lipinski definition) is 3. The van der Waals surface area contributed by atoms with E-state index in [-0.39, 0.29) is 24.3 Å². The molecule has 34 heavy (non-hydrogen) atoms. The van der Waals surface area contributed by atoms with Crippen LogP contribution in [0.5, 0.6) is 0 Å². The summed E-state index contributed by atoms with van der Waals surface area (Å²) in [5.41, 5.74) is 2.76. The number of carbonyl (C=O) groups is 1. The van der Waals surface area contributed by atoms with Crippen molar-refractivity contribution in [2.45, 2.75) is 44.7 Å². The van der Waals surface area contributed by atoms with Gasteiger partial charge in [-0.1, -0.05) is 55.7 Å². The first kappa shape index (κ1) is 22.3. The maximum atomic E-state index is 15.0. The van der Waals surface area contributed by atoms with Gasteiger partial charge in [0.15, 0.2) is 0 Å². The van der Waals surface area contributed by atoms with Gasteiger partial charge in [-0.3, -0.25) is 4.79 Å². The molecule has 0 atom stereocenters. The molecule has 0 radical (unpaired) electrons. The predicted octanol–water partition coefficient (Wildman–Crippen LogP) is 7.55. The summed E-state index contributed by atoms with van der Waals surface area (Å²) < 4.78 is 16.1. The largest absolute Gasteiger partial charge is 0.331 e. The molecule has 1 aliphatic carbocycles. The second-order valence-corrected chi connectivity index (χ2v) is 9.96. The molecule has 3 aromatic carbocycles. The van der Waals surface area contributed by atoms with E-state index in [2.05, 4.69) is 6.07 Å². The SMILES string of the molecule is N#Cc1cccc(-c2ccc(F)c(CN(C(=O)c3cc4ccccc4s3)C3CCCCC3)c2)c1. The summed E-state index contributed by atoms with van der Waals surface area (Å²) in [5.74, 6) is -0.338. The summed E-state index contributed by atoms with van der Waals surface area (Å²) in [6.07, 6.45) is 5.25. The molecule has 5 heteroatoms. The van der Waals surface area contributed by atoms with Gasteiger partial charge in [0.25, 0.3) is 5.91 Å². The van der Waals surface area contributed by atoms with Gasteiger partial charge in [-0.2, -0.15) is 5.26 Å². The lowest BCUT2D eigenvalue weighted by Crippen LogP contribution is -2.40. The second kappa shape index (κ2) is 9.79. The zero-order chi connectivity index (χ0) is 23.5. The normalized spacial score (nSPS) is 14.1. The summed E-state index contributed by atoms with van der Waals surface area (Å²) >= 11 is 1.50. The van der Waals surface area contributed by atoms with Gasteiger partial charge < -0.3 is 4.90 Å². The summed E-state index contributed by atoms with van der Waals surface area (Å²) in [6.45, 7) is 0.232. The Kier molecular flexibility index (Phi) is 6.42. The maximum absolute atomic E-state index is 15.0. The average molecular weight is 469 g/mol. The number of benzene rings is 3. The number of rotatable bonds is 5. The molecule has 1 heterocycles. The smallest absolute Gasteiger partial charge is 0.264 e. The lowest BCUT2D eigenvalue weighted by atomic mass is 9.93. The quantitative estimate of drug-likeness (QED) is 0.303. The van der Waals surface area contributed by atoms with Crippen LogP contribution in [-0.2, 0) is 6.54 Å². The Hall–Kier alpha value is -3.49. The van der Waals surface area contributed by atoms with Crippen molar-refractivity contribution < 1.29 is 9.18 Å². The number of halogens is 1. The molecule has 0 saturated heterocycles. The highest BCUT2D eigenvalue weighted by molar-refractivity contribution is 7.20. The van der Waals surface area contributed by atoms with E-state index in [0.717, 1.165) is 46.9 Å². The molecular weight excluding hydrogens is 443 g/mol. The highest BCUT2D eigenvalue weighted by Crippen LogP contribution is 2.32. The van der Waals surface area contributed by atoms with E-state index in [9.17, 15) is 10.1 Å². The van der Waals surface area contributed by atoms with Crippen molar-refractivity contribution in [3.05, 3.63) is 94.6 Å². The molecule has 1 aliphatic rings. The third kappa shape index (κ3) is 4.60. The van der Waals surface area contributed by atoms with E-state index in [0.29, 0.717) is 16.0 Å². The minimum absolute atomic E-state index is 0.0237. The Morgan fingerprint density at radius 1 is 0.971 bits per heavy atom. The molecule has 4 aromatic rings. The highest BCUT2D eigenvalue weighted by atomic mass is 32.1. The van der Waals surface area contributed by atoms with Crippen molar-refractivity contribution in [1.29, 1.82) is 5.26 Å². The van der Waals surface area contributed by atoms with Crippen LogP contribution in [0.15, 0.2) is 72.8 Å². The molecule has 170 valence electrons. The molecular formula is C29H25FN2OS. The average Bonchev–Trinajstić information content (AvgIpc) is 3.33. The topological polar surface area (TPSA) is 44.1 Å². The summed E-state index contributed by atoms with van der Waals surface area (Å²) in [6, 6.07) is 24.5. The van der Waals surface area contributed by atoms with Gasteiger partial charge >= 0.3 is 0 Å². The Bertz CT molecular complexity index is 1350. The van der Waals surface area contributed by atoms with Crippen LogP contribution in [-0.4, -0.2) is 16.8 Å². The van der Waals surface area contributed by atoms with Gasteiger partial charge in [-0.05, 0) is 65.8 Å². The number of thiophene rings is 1. The van der Waals surface area contributed by atoms with Crippen molar-refractivity contribution in [2.75, 3.05) is 0 Å². The van der Waals surface area contributed by atoms with Crippen LogP contribution in [0.2, 0.25) is 0 Å². The zero-order valence-electron chi connectivity index (χ0n) is 18.8. The minimum atomic E-state index is -0.315. The van der Waals surface area contributed by atoms with Gasteiger partial charge in [-0.15, -0.1) is 11.3 Å². The zero-order valence-corrected chi connectivity index (χ0v) is 19.7. The Balaban J connectivity index is 1.50. The number of hydrogen-bond donors (Lipinski definition) is 0. The van der Waals surface area contributed by atoms with Crippen molar-refractivity contribution in [3.8, 4) is 17.2 Å². The molecule has 1 saturated carbocycles. The molecule has 0 unspecified atom stereocenters. The molecule has 1 amide bonds. The third-order valence-electron chi connectivity index (χ3n) is 6.62. The minimum Gasteiger partial charge on any atom is -0.331 e. The molecule has 0 N–H and O–H groups in total. The van der Waals surface area contributed by atoms with Gasteiger partial charge in [0.2, 0.25) is 0 Å². The monoisotopic (exact) mass is 468 g/mol. The Labute approximate surface area is 203 Å². The number of amides is 1. The van der Waals surface area contributed by atoms with Crippen LogP contribution in [0.1, 0.15) is 52.9 Å². The predicted molar refractivity (Wildman–Crippen MR) is 135 cm³/mol. The third-order valence-corrected chi connectivity index (χ3v) is 7.73. The lowest BCUT2D eigenvalue weighted by molar-refractivity contribution is 0.0617. The maximum Gasteiger partial charge on any atom is 0.264 e. The molecule has 3 nitrogen and oxygen atoms in total. The van der Waals surface area contributed by atoms with E-state index in [1.54, 1.807) is 18.2 Å². The Morgan fingerprint density at radius 2 is 1.76 bits per heavy atom. The fraction of sp³-hybridized carbons (Fsp3) is 0.241. The van der Waals surface area contributed by atoms with Gasteiger partial charge in [0, 0.05) is 22.8 Å². The molecule has 1 fully saturated rings. The Morgan fingerprint density at radius 3 is 2.56 bits per heavy atom. The van der Waals surface area contributed by atoms with Crippen LogP contribution in [0.3, 0.4) is 0 Å². The van der Waals surface area contributed by atoms with Gasteiger partial charge in [0.05, 0.1) is 16.5 Å². The fourth-order valence-corrected chi connectivity index (χ4v) is 5.83. The van der Waals surface area contributed by atoms with E-state index in [4.69, 9.17) is 0 Å². The van der Waals surface area contributed by atoms with Gasteiger partial charge in [-0.25, -0.2) is 4.39 Å². The van der Waals surface area contributed by atoms with E-state index < -0.39 is 0 Å². The summed E-state index contributed by atoms with van der Waals surface area (Å²) in [7, 11) is 0. The standard InChI is InChI=1S/C29H25FN2OS/c30-26-14-13-22(21-9-6-7-20(15-21)18-31)16-24(26)19-32(25-10-2-1-3-11-25)29(33)28-17-23-8-4-5-12-27(23)34-28/h4-9,12-17,25H,1-3,10-11,19H2. The molecule has 0 bridgehead atoms. The van der Waals surface area contributed by atoms with E-state index in [1.807, 2.05) is 53.4 Å². The number of nitrogens with zero attached hydrogens (tertiary/aromatic N) is 2. The van der Waals surface area contributed by atoms with Crippen LogP contribution < -0.4 is 0 Å². The van der Waals surface area contributed by atoms with Crippen molar-refractivity contribution >= 4 is 27.3 Å². The van der Waals surface area contributed by atoms with E-state index >= 15 is 4.39 Å². The highest BCUT2D eigenvalue weighted by Gasteiger charge is 2.28. The van der Waals surface area contributed by atoms with Crippen LogP contribution in [0.25, 0.3) is 21.2 Å². The van der Waals surface area contributed by atoms with Crippen molar-refractivity contribution in [2.24, 2.45) is 0 Å². The van der Waals surface area contributed by atoms with Crippen LogP contribution >= 0.6 is 11.3 Å². The van der Waals surface area contributed by atoms with Crippen molar-refractivity contribution in [3.63, 3.8) is 0 Å². The molecule has 0 aliphatic heterocycles. The molecule has 1 aromatic heterocycles. The van der Waals surface area contributed by atoms with Crippen LogP contribution in [0, 0.1) is 17.1 Å². The first-order chi connectivity index (χ1) is 16.6. The summed E-state index contributed by atoms with van der Waals surface area (Å²) in [5, 5.41) is 10.3. The van der Waals surface area contributed by atoms with Crippen molar-refractivity contribution in [1.82, 2.24) is 4.90 Å². The molecule has 5 rings (SSSR count). The molecule has 0 spiro atoms. The first-order valence-electron chi connectivity index (χ1n) is 11.7. The number of nitriles is 1.